The average Bonchev–Trinajstić information content (AvgIpc) is 2.77. The lowest BCUT2D eigenvalue weighted by molar-refractivity contribution is -0.125. The fraction of sp³-hybridized carbons (Fsp3) is 0.714. The van der Waals surface area contributed by atoms with Crippen LogP contribution in [0.4, 0.5) is 5.69 Å². The van der Waals surface area contributed by atoms with Crippen LogP contribution in [0.15, 0.2) is 22.7 Å². The summed E-state index contributed by atoms with van der Waals surface area (Å²) in [5, 5.41) is 3.27. The van der Waals surface area contributed by atoms with Crippen molar-refractivity contribution in [1.29, 1.82) is 0 Å². The number of nitrogens with zero attached hydrogens (tertiary/aromatic N) is 1. The monoisotopic (exact) mass is 532 g/mol. The molecular formula is C28H41BrN2O3. The Morgan fingerprint density at radius 2 is 1.85 bits per heavy atom. The third-order valence-electron chi connectivity index (χ3n) is 8.57. The minimum absolute atomic E-state index is 0.223. The van der Waals surface area contributed by atoms with Gasteiger partial charge in [-0.15, -0.1) is 0 Å². The first kappa shape index (κ1) is 25.5. The number of hydrogen-bond acceptors (Lipinski definition) is 4. The van der Waals surface area contributed by atoms with Gasteiger partial charge in [0.1, 0.15) is 5.60 Å². The highest BCUT2D eigenvalue weighted by molar-refractivity contribution is 9.10. The quantitative estimate of drug-likeness (QED) is 0.443. The SMILES string of the molecule is CC(C)(C)OC(=O)c1ccc(N2CCC(CC(=O)NC[C@@H]3CC[C@H]4C[C@@H]3C4(C)C)CC2)c(Br)c1. The third-order valence-corrected chi connectivity index (χ3v) is 9.21. The van der Waals surface area contributed by atoms with Crippen molar-refractivity contribution in [1.82, 2.24) is 5.32 Å². The highest BCUT2D eigenvalue weighted by Gasteiger charge is 2.53. The zero-order chi connectivity index (χ0) is 24.7. The highest BCUT2D eigenvalue weighted by atomic mass is 79.9. The number of carbonyl (C=O) groups is 2. The standard InChI is InChI=1S/C28H41BrN2O3/c1-27(2,3)34-26(33)19-7-9-24(23(29)15-19)31-12-10-18(11-13-31)14-25(32)30-17-20-6-8-21-16-22(20)28(21,4)5/h7,9,15,18,20-22H,6,8,10-14,16-17H2,1-5H3,(H,30,32)/t20-,21-,22-/m0/s1. The minimum atomic E-state index is -0.510. The van der Waals surface area contributed by atoms with Crippen molar-refractivity contribution in [2.45, 2.75) is 78.7 Å². The molecule has 0 radical (unpaired) electrons. The summed E-state index contributed by atoms with van der Waals surface area (Å²) in [7, 11) is 0. The number of carbonyl (C=O) groups excluding carboxylic acids is 2. The second-order valence-corrected chi connectivity index (χ2v) is 13.2. The first-order valence-electron chi connectivity index (χ1n) is 13.0. The molecule has 4 fully saturated rings. The molecule has 0 aromatic heterocycles. The van der Waals surface area contributed by atoms with Crippen LogP contribution in [-0.4, -0.2) is 37.1 Å². The number of ether oxygens (including phenoxy) is 1. The predicted octanol–water partition coefficient (Wildman–Crippen LogP) is 6.20. The normalized spacial score (nSPS) is 26.5. The van der Waals surface area contributed by atoms with Gasteiger partial charge in [-0.25, -0.2) is 4.79 Å². The topological polar surface area (TPSA) is 58.6 Å². The van der Waals surface area contributed by atoms with Crippen LogP contribution in [0.2, 0.25) is 0 Å². The lowest BCUT2D eigenvalue weighted by atomic mass is 9.45. The van der Waals surface area contributed by atoms with Crippen molar-refractivity contribution in [3.05, 3.63) is 28.2 Å². The molecule has 1 saturated heterocycles. The van der Waals surface area contributed by atoms with E-state index < -0.39 is 5.60 Å². The van der Waals surface area contributed by atoms with Crippen molar-refractivity contribution in [2.75, 3.05) is 24.5 Å². The Balaban J connectivity index is 1.22. The van der Waals surface area contributed by atoms with Crippen LogP contribution in [0.3, 0.4) is 0 Å². The van der Waals surface area contributed by atoms with Crippen LogP contribution < -0.4 is 10.2 Å². The number of amides is 1. The number of esters is 1. The Labute approximate surface area is 213 Å². The van der Waals surface area contributed by atoms with E-state index in [1.54, 1.807) is 0 Å². The number of benzene rings is 1. The van der Waals surface area contributed by atoms with Crippen LogP contribution in [0.5, 0.6) is 0 Å². The van der Waals surface area contributed by atoms with Crippen LogP contribution in [0.25, 0.3) is 0 Å². The summed E-state index contributed by atoms with van der Waals surface area (Å²) in [4.78, 5) is 27.4. The summed E-state index contributed by atoms with van der Waals surface area (Å²) >= 11 is 3.65. The Morgan fingerprint density at radius 3 is 2.44 bits per heavy atom. The molecule has 1 amide bonds. The van der Waals surface area contributed by atoms with Crippen LogP contribution >= 0.6 is 15.9 Å². The number of piperidine rings is 1. The predicted molar refractivity (Wildman–Crippen MR) is 140 cm³/mol. The molecule has 188 valence electrons. The molecule has 34 heavy (non-hydrogen) atoms. The molecule has 2 bridgehead atoms. The number of nitrogens with one attached hydrogen (secondary N) is 1. The third kappa shape index (κ3) is 5.63. The maximum atomic E-state index is 12.7. The van der Waals surface area contributed by atoms with Crippen molar-refractivity contribution in [2.24, 2.45) is 29.1 Å². The van der Waals surface area contributed by atoms with Gasteiger partial charge in [0.15, 0.2) is 0 Å². The van der Waals surface area contributed by atoms with E-state index in [0.29, 0.717) is 29.2 Å². The van der Waals surface area contributed by atoms with Gasteiger partial charge in [0.2, 0.25) is 5.91 Å². The number of rotatable bonds is 6. The molecule has 4 aliphatic rings. The van der Waals surface area contributed by atoms with Gasteiger partial charge in [-0.05, 0) is 116 Å². The highest BCUT2D eigenvalue weighted by Crippen LogP contribution is 2.61. The van der Waals surface area contributed by atoms with Gasteiger partial charge in [-0.1, -0.05) is 13.8 Å². The number of halogens is 1. The van der Waals surface area contributed by atoms with E-state index in [0.717, 1.165) is 54.5 Å². The van der Waals surface area contributed by atoms with E-state index in [4.69, 9.17) is 4.74 Å². The number of hydrogen-bond donors (Lipinski definition) is 1. The van der Waals surface area contributed by atoms with Crippen molar-refractivity contribution >= 4 is 33.5 Å². The molecule has 6 heteroatoms. The smallest absolute Gasteiger partial charge is 0.338 e. The van der Waals surface area contributed by atoms with Gasteiger partial charge >= 0.3 is 5.97 Å². The summed E-state index contributed by atoms with van der Waals surface area (Å²) in [6, 6.07) is 5.68. The van der Waals surface area contributed by atoms with E-state index in [2.05, 4.69) is 40.0 Å². The Morgan fingerprint density at radius 1 is 1.15 bits per heavy atom. The van der Waals surface area contributed by atoms with E-state index in [1.165, 1.54) is 19.3 Å². The fourth-order valence-corrected chi connectivity index (χ4v) is 7.02. The lowest BCUT2D eigenvalue weighted by Gasteiger charge is -2.60. The molecule has 3 saturated carbocycles. The van der Waals surface area contributed by atoms with E-state index in [1.807, 2.05) is 39.0 Å². The molecule has 1 heterocycles. The van der Waals surface area contributed by atoms with E-state index in [-0.39, 0.29) is 11.9 Å². The Hall–Kier alpha value is -1.56. The number of anilines is 1. The van der Waals surface area contributed by atoms with Crippen molar-refractivity contribution in [3.8, 4) is 0 Å². The van der Waals surface area contributed by atoms with Gasteiger partial charge in [0.25, 0.3) is 0 Å². The van der Waals surface area contributed by atoms with Gasteiger partial charge < -0.3 is 15.0 Å². The summed E-state index contributed by atoms with van der Waals surface area (Å²) in [5.41, 5.74) is 1.61. The van der Waals surface area contributed by atoms with Gasteiger partial charge in [0.05, 0.1) is 11.3 Å². The van der Waals surface area contributed by atoms with Crippen molar-refractivity contribution in [3.63, 3.8) is 0 Å². The summed E-state index contributed by atoms with van der Waals surface area (Å²) in [6.45, 7) is 13.1. The second-order valence-electron chi connectivity index (χ2n) is 12.3. The van der Waals surface area contributed by atoms with Crippen LogP contribution in [0.1, 0.15) is 83.5 Å². The molecular weight excluding hydrogens is 492 g/mol. The largest absolute Gasteiger partial charge is 0.456 e. The van der Waals surface area contributed by atoms with E-state index in [9.17, 15) is 9.59 Å². The minimum Gasteiger partial charge on any atom is -0.456 e. The van der Waals surface area contributed by atoms with Gasteiger partial charge in [-0.2, -0.15) is 0 Å². The van der Waals surface area contributed by atoms with E-state index >= 15 is 0 Å². The Bertz CT molecular complexity index is 913. The first-order chi connectivity index (χ1) is 15.9. The summed E-state index contributed by atoms with van der Waals surface area (Å²) in [5.74, 6) is 2.70. The Kier molecular flexibility index (Phi) is 7.38. The van der Waals surface area contributed by atoms with Crippen LogP contribution in [-0.2, 0) is 9.53 Å². The summed E-state index contributed by atoms with van der Waals surface area (Å²) < 4.78 is 6.38. The summed E-state index contributed by atoms with van der Waals surface area (Å²) in [6.07, 6.45) is 6.62. The van der Waals surface area contributed by atoms with Gasteiger partial charge in [0, 0.05) is 30.5 Å². The molecule has 3 aliphatic carbocycles. The van der Waals surface area contributed by atoms with Gasteiger partial charge in [-0.3, -0.25) is 4.79 Å². The molecule has 5 nitrogen and oxygen atoms in total. The van der Waals surface area contributed by atoms with Crippen LogP contribution in [0, 0.1) is 29.1 Å². The zero-order valence-electron chi connectivity index (χ0n) is 21.5. The molecule has 1 N–H and O–H groups in total. The first-order valence-corrected chi connectivity index (χ1v) is 13.8. The fourth-order valence-electron chi connectivity index (χ4n) is 6.39. The second kappa shape index (κ2) is 9.83. The molecule has 3 atom stereocenters. The molecule has 1 aromatic rings. The zero-order valence-corrected chi connectivity index (χ0v) is 23.0. The number of fused-ring (bicyclic) bond motifs is 2. The maximum absolute atomic E-state index is 12.7. The molecule has 1 aliphatic heterocycles. The molecule has 0 unspecified atom stereocenters. The molecule has 1 aromatic carbocycles. The molecule has 5 rings (SSSR count). The van der Waals surface area contributed by atoms with Crippen molar-refractivity contribution < 1.29 is 14.3 Å². The molecule has 0 spiro atoms. The average molecular weight is 534 g/mol. The lowest BCUT2D eigenvalue weighted by Crippen LogP contribution is -2.54. The maximum Gasteiger partial charge on any atom is 0.338 e.